The monoisotopic (exact) mass is 480 g/mol. The van der Waals surface area contributed by atoms with Gasteiger partial charge in [-0.3, -0.25) is 9.59 Å². The number of carbonyl (C=O) groups is 2. The van der Waals surface area contributed by atoms with E-state index >= 15 is 0 Å². The summed E-state index contributed by atoms with van der Waals surface area (Å²) in [6.45, 7) is 0.185. The van der Waals surface area contributed by atoms with E-state index < -0.39 is 6.04 Å². The van der Waals surface area contributed by atoms with Gasteiger partial charge in [0.1, 0.15) is 17.6 Å². The van der Waals surface area contributed by atoms with E-state index in [2.05, 4.69) is 5.32 Å². The van der Waals surface area contributed by atoms with Crippen molar-refractivity contribution >= 4 is 23.2 Å². The number of methoxy groups -OCH3 is 1. The van der Waals surface area contributed by atoms with E-state index in [1.165, 1.54) is 23.5 Å². The van der Waals surface area contributed by atoms with Crippen LogP contribution < -0.4 is 10.1 Å². The van der Waals surface area contributed by atoms with E-state index in [4.69, 9.17) is 4.74 Å². The highest BCUT2D eigenvalue weighted by molar-refractivity contribution is 7.10. The van der Waals surface area contributed by atoms with Gasteiger partial charge in [-0.05, 0) is 59.7 Å². The zero-order chi connectivity index (χ0) is 23.9. The van der Waals surface area contributed by atoms with E-state index in [1.54, 1.807) is 30.2 Å². The average molecular weight is 481 g/mol. The molecule has 7 heteroatoms. The molecule has 1 unspecified atom stereocenters. The van der Waals surface area contributed by atoms with Crippen LogP contribution in [0.1, 0.15) is 47.7 Å². The van der Waals surface area contributed by atoms with Gasteiger partial charge in [0.15, 0.2) is 0 Å². The number of ether oxygens (including phenoxy) is 1. The first-order valence-corrected chi connectivity index (χ1v) is 12.4. The van der Waals surface area contributed by atoms with E-state index in [0.717, 1.165) is 36.1 Å². The summed E-state index contributed by atoms with van der Waals surface area (Å²) in [6, 6.07) is 16.4. The Morgan fingerprint density at radius 2 is 1.88 bits per heavy atom. The number of halogens is 1. The van der Waals surface area contributed by atoms with Gasteiger partial charge in [-0.25, -0.2) is 4.39 Å². The standard InChI is InChI=1S/C27H29FN2O3S/c1-33-23-9-4-6-20(16-23)26(27(32)29-22-7-2-3-8-22)30(18-19-11-13-21(28)14-12-19)25(31)17-24-10-5-15-34-24/h4-6,9-16,22,26H,2-3,7-8,17-18H2,1H3,(H,29,32). The normalized spacial score (nSPS) is 14.5. The maximum absolute atomic E-state index is 13.7. The molecule has 1 heterocycles. The van der Waals surface area contributed by atoms with Crippen molar-refractivity contribution in [2.75, 3.05) is 7.11 Å². The molecule has 1 N–H and O–H groups in total. The first-order valence-electron chi connectivity index (χ1n) is 11.5. The first kappa shape index (κ1) is 24.0. The lowest BCUT2D eigenvalue weighted by molar-refractivity contribution is -0.141. The molecule has 34 heavy (non-hydrogen) atoms. The van der Waals surface area contributed by atoms with Gasteiger partial charge in [-0.15, -0.1) is 11.3 Å². The molecule has 4 rings (SSSR count). The Hall–Kier alpha value is -3.19. The van der Waals surface area contributed by atoms with Crippen molar-refractivity contribution < 1.29 is 18.7 Å². The fourth-order valence-corrected chi connectivity index (χ4v) is 5.10. The Labute approximate surface area is 203 Å². The smallest absolute Gasteiger partial charge is 0.247 e. The van der Waals surface area contributed by atoms with Crippen LogP contribution in [0.3, 0.4) is 0 Å². The summed E-state index contributed by atoms with van der Waals surface area (Å²) < 4.78 is 18.9. The Kier molecular flexibility index (Phi) is 7.95. The number of rotatable bonds is 9. The molecule has 0 radical (unpaired) electrons. The van der Waals surface area contributed by atoms with Gasteiger partial charge in [0, 0.05) is 17.5 Å². The van der Waals surface area contributed by atoms with Crippen LogP contribution in [0.15, 0.2) is 66.0 Å². The summed E-state index contributed by atoms with van der Waals surface area (Å²) in [5.41, 5.74) is 1.43. The highest BCUT2D eigenvalue weighted by Gasteiger charge is 2.33. The van der Waals surface area contributed by atoms with Crippen molar-refractivity contribution in [3.05, 3.63) is 87.9 Å². The van der Waals surface area contributed by atoms with Gasteiger partial charge < -0.3 is 15.0 Å². The van der Waals surface area contributed by atoms with Gasteiger partial charge in [0.25, 0.3) is 0 Å². The second kappa shape index (κ2) is 11.3. The highest BCUT2D eigenvalue weighted by Crippen LogP contribution is 2.29. The number of nitrogens with zero attached hydrogens (tertiary/aromatic N) is 1. The van der Waals surface area contributed by atoms with Crippen LogP contribution in [0.5, 0.6) is 5.75 Å². The zero-order valence-electron chi connectivity index (χ0n) is 19.2. The third-order valence-corrected chi connectivity index (χ3v) is 7.04. The predicted molar refractivity (Wildman–Crippen MR) is 131 cm³/mol. The van der Waals surface area contributed by atoms with E-state index in [1.807, 2.05) is 35.7 Å². The average Bonchev–Trinajstić information content (AvgIpc) is 3.54. The fraction of sp³-hybridized carbons (Fsp3) is 0.333. The second-order valence-electron chi connectivity index (χ2n) is 8.57. The lowest BCUT2D eigenvalue weighted by Gasteiger charge is -2.32. The van der Waals surface area contributed by atoms with Crippen molar-refractivity contribution in [1.82, 2.24) is 10.2 Å². The summed E-state index contributed by atoms with van der Waals surface area (Å²) in [7, 11) is 1.57. The number of amides is 2. The van der Waals surface area contributed by atoms with Gasteiger partial charge in [0.05, 0.1) is 13.5 Å². The zero-order valence-corrected chi connectivity index (χ0v) is 20.0. The van der Waals surface area contributed by atoms with Crippen LogP contribution in [-0.4, -0.2) is 29.9 Å². The third kappa shape index (κ3) is 6.03. The van der Waals surface area contributed by atoms with Crippen molar-refractivity contribution in [2.45, 2.75) is 50.7 Å². The molecule has 0 bridgehead atoms. The largest absolute Gasteiger partial charge is 0.497 e. The van der Waals surface area contributed by atoms with Gasteiger partial charge >= 0.3 is 0 Å². The van der Waals surface area contributed by atoms with Gasteiger partial charge in [-0.1, -0.05) is 43.2 Å². The topological polar surface area (TPSA) is 58.6 Å². The van der Waals surface area contributed by atoms with Gasteiger partial charge in [0.2, 0.25) is 11.8 Å². The number of benzene rings is 2. The molecule has 2 amide bonds. The van der Waals surface area contributed by atoms with E-state index in [9.17, 15) is 14.0 Å². The SMILES string of the molecule is COc1cccc(C(C(=O)NC2CCCC2)N(Cc2ccc(F)cc2)C(=O)Cc2cccs2)c1. The molecule has 0 saturated heterocycles. The van der Waals surface area contributed by atoms with Crippen LogP contribution >= 0.6 is 11.3 Å². The number of hydrogen-bond acceptors (Lipinski definition) is 4. The van der Waals surface area contributed by atoms with Crippen molar-refractivity contribution in [2.24, 2.45) is 0 Å². The predicted octanol–water partition coefficient (Wildman–Crippen LogP) is 5.27. The van der Waals surface area contributed by atoms with E-state index in [-0.39, 0.29) is 36.6 Å². The number of carbonyl (C=O) groups excluding carboxylic acids is 2. The molecule has 178 valence electrons. The van der Waals surface area contributed by atoms with E-state index in [0.29, 0.717) is 11.3 Å². The minimum Gasteiger partial charge on any atom is -0.497 e. The molecule has 1 aliphatic rings. The molecule has 1 fully saturated rings. The molecular weight excluding hydrogens is 451 g/mol. The summed E-state index contributed by atoms with van der Waals surface area (Å²) >= 11 is 1.51. The molecule has 1 atom stereocenters. The highest BCUT2D eigenvalue weighted by atomic mass is 32.1. The van der Waals surface area contributed by atoms with Crippen molar-refractivity contribution in [3.63, 3.8) is 0 Å². The van der Waals surface area contributed by atoms with Crippen LogP contribution in [0.25, 0.3) is 0 Å². The summed E-state index contributed by atoms with van der Waals surface area (Å²) in [6.07, 6.45) is 4.25. The Morgan fingerprint density at radius 1 is 1.12 bits per heavy atom. The quantitative estimate of drug-likeness (QED) is 0.454. The lowest BCUT2D eigenvalue weighted by atomic mass is 10.0. The minimum absolute atomic E-state index is 0.112. The molecule has 1 saturated carbocycles. The van der Waals surface area contributed by atoms with Crippen LogP contribution in [0.4, 0.5) is 4.39 Å². The van der Waals surface area contributed by atoms with Crippen molar-refractivity contribution in [3.8, 4) is 5.75 Å². The maximum Gasteiger partial charge on any atom is 0.247 e. The fourth-order valence-electron chi connectivity index (χ4n) is 4.41. The molecule has 1 aliphatic carbocycles. The second-order valence-corrected chi connectivity index (χ2v) is 9.61. The van der Waals surface area contributed by atoms with Crippen LogP contribution in [0, 0.1) is 5.82 Å². The molecule has 2 aromatic carbocycles. The Morgan fingerprint density at radius 3 is 2.56 bits per heavy atom. The Balaban J connectivity index is 1.71. The third-order valence-electron chi connectivity index (χ3n) is 6.16. The minimum atomic E-state index is -0.840. The first-order chi connectivity index (χ1) is 16.5. The molecule has 3 aromatic rings. The number of hydrogen-bond donors (Lipinski definition) is 1. The number of thiophene rings is 1. The molecular formula is C27H29FN2O3S. The molecule has 0 aliphatic heterocycles. The van der Waals surface area contributed by atoms with Crippen LogP contribution in [0.2, 0.25) is 0 Å². The molecule has 0 spiro atoms. The lowest BCUT2D eigenvalue weighted by Crippen LogP contribution is -2.46. The summed E-state index contributed by atoms with van der Waals surface area (Å²) in [5.74, 6) is -0.102. The maximum atomic E-state index is 13.7. The molecule has 5 nitrogen and oxygen atoms in total. The number of nitrogens with one attached hydrogen (secondary N) is 1. The summed E-state index contributed by atoms with van der Waals surface area (Å²) in [5, 5.41) is 5.10. The Bertz CT molecular complexity index is 1100. The van der Waals surface area contributed by atoms with Gasteiger partial charge in [-0.2, -0.15) is 0 Å². The van der Waals surface area contributed by atoms with Crippen LogP contribution in [-0.2, 0) is 22.6 Å². The molecule has 1 aromatic heterocycles. The summed E-state index contributed by atoms with van der Waals surface area (Å²) in [4.78, 5) is 29.9. The van der Waals surface area contributed by atoms with Crippen molar-refractivity contribution in [1.29, 1.82) is 0 Å².